The number of fused-ring (bicyclic) bond motifs is 1. The summed E-state index contributed by atoms with van der Waals surface area (Å²) in [6.45, 7) is 2.05. The average Bonchev–Trinajstić information content (AvgIpc) is 3.01. The van der Waals surface area contributed by atoms with Gasteiger partial charge in [-0.15, -0.1) is 0 Å². The molecule has 3 heterocycles. The third-order valence-electron chi connectivity index (χ3n) is 6.24. The Hall–Kier alpha value is -2.67. The zero-order valence-corrected chi connectivity index (χ0v) is 20.1. The van der Waals surface area contributed by atoms with E-state index in [0.29, 0.717) is 28.0 Å². The van der Waals surface area contributed by atoms with Gasteiger partial charge in [0.2, 0.25) is 0 Å². The fraction of sp³-hybridized carbons (Fsp3) is 0.308. The molecule has 0 bridgehead atoms. The minimum atomic E-state index is -0.300. The molecule has 8 heteroatoms. The maximum atomic E-state index is 13.6. The Morgan fingerprint density at radius 1 is 1.00 bits per heavy atom. The topological polar surface area (TPSA) is 47.4 Å². The van der Waals surface area contributed by atoms with E-state index >= 15 is 0 Å². The van der Waals surface area contributed by atoms with Crippen LogP contribution in [0.2, 0.25) is 10.0 Å². The zero-order valence-electron chi connectivity index (χ0n) is 18.6. The number of likely N-dealkylation sites (tertiary alicyclic amines) is 1. The van der Waals surface area contributed by atoms with Gasteiger partial charge in [0.05, 0.1) is 29.6 Å². The van der Waals surface area contributed by atoms with Gasteiger partial charge in [-0.25, -0.2) is 9.07 Å². The van der Waals surface area contributed by atoms with Crippen LogP contribution >= 0.6 is 23.2 Å². The Morgan fingerprint density at radius 2 is 1.74 bits per heavy atom. The summed E-state index contributed by atoms with van der Waals surface area (Å²) in [4.78, 5) is 15.5. The molecule has 5 rings (SSSR count). The molecule has 1 fully saturated rings. The van der Waals surface area contributed by atoms with Crippen LogP contribution in [0.4, 0.5) is 4.39 Å². The third-order valence-corrected chi connectivity index (χ3v) is 6.77. The molecular weight excluding hydrogens is 476 g/mol. The van der Waals surface area contributed by atoms with Crippen LogP contribution in [0.5, 0.6) is 0 Å². The molecule has 176 valence electrons. The van der Waals surface area contributed by atoms with Gasteiger partial charge in [0.1, 0.15) is 5.82 Å². The number of amides is 1. The fourth-order valence-corrected chi connectivity index (χ4v) is 5.03. The van der Waals surface area contributed by atoms with Crippen molar-refractivity contribution in [2.75, 3.05) is 19.7 Å². The number of carbonyl (C=O) groups is 1. The van der Waals surface area contributed by atoms with Gasteiger partial charge in [-0.1, -0.05) is 48.2 Å². The summed E-state index contributed by atoms with van der Waals surface area (Å²) in [5, 5.41) is 5.73. The highest BCUT2D eigenvalue weighted by Crippen LogP contribution is 2.35. The Bertz CT molecular complexity index is 1250. The number of ether oxygens (including phenoxy) is 1. The van der Waals surface area contributed by atoms with E-state index < -0.39 is 0 Å². The van der Waals surface area contributed by atoms with Crippen molar-refractivity contribution in [3.05, 3.63) is 80.8 Å². The van der Waals surface area contributed by atoms with Crippen molar-refractivity contribution in [1.29, 1.82) is 0 Å². The first-order valence-electron chi connectivity index (χ1n) is 11.4. The van der Waals surface area contributed by atoms with Crippen molar-refractivity contribution in [1.82, 2.24) is 14.7 Å². The van der Waals surface area contributed by atoms with Gasteiger partial charge in [-0.3, -0.25) is 4.79 Å². The number of hydrogen-bond donors (Lipinski definition) is 0. The SMILES string of the molecule is O=C(c1nn(-c2ccc(Cl)cc2Cl)c2c1COC/C2=C\c1ccc(F)cc1)N1CCCCCC1. The van der Waals surface area contributed by atoms with Crippen LogP contribution in [-0.4, -0.2) is 40.3 Å². The number of halogens is 3. The second kappa shape index (κ2) is 9.90. The highest BCUT2D eigenvalue weighted by molar-refractivity contribution is 6.35. The number of nitrogens with zero attached hydrogens (tertiary/aromatic N) is 3. The number of rotatable bonds is 3. The average molecular weight is 500 g/mol. The van der Waals surface area contributed by atoms with Crippen LogP contribution < -0.4 is 0 Å². The van der Waals surface area contributed by atoms with Crippen LogP contribution in [0.25, 0.3) is 17.3 Å². The van der Waals surface area contributed by atoms with Gasteiger partial charge in [0.15, 0.2) is 5.69 Å². The first kappa shape index (κ1) is 23.1. The van der Waals surface area contributed by atoms with Crippen molar-refractivity contribution in [2.45, 2.75) is 32.3 Å². The van der Waals surface area contributed by atoms with E-state index in [1.807, 2.05) is 11.0 Å². The summed E-state index contributed by atoms with van der Waals surface area (Å²) < 4.78 is 21.0. The van der Waals surface area contributed by atoms with Gasteiger partial charge < -0.3 is 9.64 Å². The van der Waals surface area contributed by atoms with Crippen LogP contribution in [-0.2, 0) is 11.3 Å². The van der Waals surface area contributed by atoms with Gasteiger partial charge in [-0.05, 0) is 54.8 Å². The summed E-state index contributed by atoms with van der Waals surface area (Å²) in [7, 11) is 0. The Labute approximate surface area is 207 Å². The van der Waals surface area contributed by atoms with E-state index in [1.165, 1.54) is 12.1 Å². The zero-order chi connectivity index (χ0) is 23.7. The monoisotopic (exact) mass is 499 g/mol. The molecule has 2 aliphatic rings. The molecule has 0 spiro atoms. The van der Waals surface area contributed by atoms with E-state index in [0.717, 1.165) is 61.2 Å². The van der Waals surface area contributed by atoms with Crippen molar-refractivity contribution >= 4 is 40.8 Å². The molecule has 34 heavy (non-hydrogen) atoms. The second-order valence-corrected chi connectivity index (χ2v) is 9.45. The maximum absolute atomic E-state index is 13.6. The number of carbonyl (C=O) groups excluding carboxylic acids is 1. The highest BCUT2D eigenvalue weighted by Gasteiger charge is 2.32. The van der Waals surface area contributed by atoms with E-state index in [2.05, 4.69) is 0 Å². The smallest absolute Gasteiger partial charge is 0.274 e. The van der Waals surface area contributed by atoms with Crippen LogP contribution in [0, 0.1) is 5.82 Å². The van der Waals surface area contributed by atoms with Crippen molar-refractivity contribution < 1.29 is 13.9 Å². The lowest BCUT2D eigenvalue weighted by atomic mass is 10.0. The Kier molecular flexibility index (Phi) is 6.73. The molecule has 3 aromatic rings. The lowest BCUT2D eigenvalue weighted by Gasteiger charge is -2.21. The molecule has 2 aliphatic heterocycles. The molecule has 0 N–H and O–H groups in total. The molecule has 0 unspecified atom stereocenters. The predicted octanol–water partition coefficient (Wildman–Crippen LogP) is 6.41. The summed E-state index contributed by atoms with van der Waals surface area (Å²) >= 11 is 12.7. The van der Waals surface area contributed by atoms with Crippen LogP contribution in [0.15, 0.2) is 42.5 Å². The van der Waals surface area contributed by atoms with Gasteiger partial charge in [0.25, 0.3) is 5.91 Å². The first-order valence-corrected chi connectivity index (χ1v) is 12.2. The van der Waals surface area contributed by atoms with E-state index in [-0.39, 0.29) is 18.3 Å². The summed E-state index contributed by atoms with van der Waals surface area (Å²) in [5.74, 6) is -0.389. The fourth-order valence-electron chi connectivity index (χ4n) is 4.54. The third kappa shape index (κ3) is 4.63. The molecule has 0 saturated carbocycles. The predicted molar refractivity (Wildman–Crippen MR) is 132 cm³/mol. The minimum absolute atomic E-state index is 0.0892. The molecule has 1 amide bonds. The molecule has 1 aromatic heterocycles. The minimum Gasteiger partial charge on any atom is -0.372 e. The largest absolute Gasteiger partial charge is 0.372 e. The van der Waals surface area contributed by atoms with Gasteiger partial charge in [0, 0.05) is 29.2 Å². The lowest BCUT2D eigenvalue weighted by Crippen LogP contribution is -2.33. The van der Waals surface area contributed by atoms with Crippen molar-refractivity contribution in [2.24, 2.45) is 0 Å². The molecular formula is C26H24Cl2FN3O2. The molecule has 5 nitrogen and oxygen atoms in total. The number of hydrogen-bond acceptors (Lipinski definition) is 3. The van der Waals surface area contributed by atoms with Crippen LogP contribution in [0.3, 0.4) is 0 Å². The number of aromatic nitrogens is 2. The van der Waals surface area contributed by atoms with Crippen molar-refractivity contribution in [3.63, 3.8) is 0 Å². The first-order chi connectivity index (χ1) is 16.5. The molecule has 1 saturated heterocycles. The molecule has 0 atom stereocenters. The highest BCUT2D eigenvalue weighted by atomic mass is 35.5. The van der Waals surface area contributed by atoms with Gasteiger partial charge in [-0.2, -0.15) is 5.10 Å². The number of benzene rings is 2. The Balaban J connectivity index is 1.66. The summed E-state index contributed by atoms with van der Waals surface area (Å²) in [5.41, 5.74) is 4.18. The Morgan fingerprint density at radius 3 is 2.44 bits per heavy atom. The quantitative estimate of drug-likeness (QED) is 0.418. The normalized spacial score (nSPS) is 17.5. The van der Waals surface area contributed by atoms with E-state index in [1.54, 1.807) is 35.0 Å². The van der Waals surface area contributed by atoms with E-state index in [4.69, 9.17) is 33.0 Å². The molecule has 0 aliphatic carbocycles. The van der Waals surface area contributed by atoms with Crippen molar-refractivity contribution in [3.8, 4) is 5.69 Å². The summed E-state index contributed by atoms with van der Waals surface area (Å²) in [6.07, 6.45) is 6.17. The second-order valence-electron chi connectivity index (χ2n) is 8.60. The van der Waals surface area contributed by atoms with Crippen LogP contribution in [0.1, 0.15) is 53.0 Å². The maximum Gasteiger partial charge on any atom is 0.274 e. The lowest BCUT2D eigenvalue weighted by molar-refractivity contribution is 0.0748. The molecule has 0 radical (unpaired) electrons. The van der Waals surface area contributed by atoms with Gasteiger partial charge >= 0.3 is 0 Å². The van der Waals surface area contributed by atoms with E-state index in [9.17, 15) is 9.18 Å². The summed E-state index contributed by atoms with van der Waals surface area (Å²) in [6, 6.07) is 11.4. The standard InChI is InChI=1S/C26H24Cl2FN3O2/c27-19-7-10-23(22(28)14-19)32-25-18(13-17-5-8-20(29)9-6-17)15-34-16-21(25)24(30-32)26(33)31-11-3-1-2-4-12-31/h5-10,13-14H,1-4,11-12,15-16H2/b18-13+. The molecule has 2 aromatic carbocycles.